The second-order valence-electron chi connectivity index (χ2n) is 5.65. The maximum Gasteiger partial charge on any atom is 0.0971 e. The third kappa shape index (κ3) is 4.50. The Kier molecular flexibility index (Phi) is 5.71. The summed E-state index contributed by atoms with van der Waals surface area (Å²) in [5.74, 6) is 0. The van der Waals surface area contributed by atoms with Gasteiger partial charge < -0.3 is 4.74 Å². The fraction of sp³-hybridized carbons (Fsp3) is 0.263. The van der Waals surface area contributed by atoms with Gasteiger partial charge in [0.1, 0.15) is 0 Å². The van der Waals surface area contributed by atoms with Crippen molar-refractivity contribution in [3.8, 4) is 5.69 Å². The van der Waals surface area contributed by atoms with Crippen molar-refractivity contribution in [3.05, 3.63) is 78.1 Å². The standard InChI is InChI=1S/C19H22N4O/c1-24-13-12-22(15-17-8-4-2-5-9-17)16-18-14-20-23(21-18)19-10-6-3-7-11-19/h2-11,14H,12-13,15-16H2,1H3. The molecule has 0 amide bonds. The molecule has 0 fully saturated rings. The summed E-state index contributed by atoms with van der Waals surface area (Å²) in [6.45, 7) is 3.15. The fourth-order valence-electron chi connectivity index (χ4n) is 2.56. The monoisotopic (exact) mass is 322 g/mol. The van der Waals surface area contributed by atoms with E-state index in [-0.39, 0.29) is 0 Å². The molecule has 0 aliphatic rings. The molecule has 1 aromatic heterocycles. The van der Waals surface area contributed by atoms with Gasteiger partial charge in [-0.15, -0.1) is 0 Å². The summed E-state index contributed by atoms with van der Waals surface area (Å²) in [7, 11) is 1.73. The maximum atomic E-state index is 5.24. The van der Waals surface area contributed by atoms with Crippen LogP contribution in [-0.4, -0.2) is 40.2 Å². The lowest BCUT2D eigenvalue weighted by Gasteiger charge is -2.20. The molecule has 124 valence electrons. The Morgan fingerprint density at radius 2 is 1.67 bits per heavy atom. The van der Waals surface area contributed by atoms with Gasteiger partial charge in [0.05, 0.1) is 24.2 Å². The van der Waals surface area contributed by atoms with Crippen LogP contribution >= 0.6 is 0 Å². The van der Waals surface area contributed by atoms with Crippen molar-refractivity contribution in [3.63, 3.8) is 0 Å². The minimum atomic E-state index is 0.694. The van der Waals surface area contributed by atoms with E-state index in [0.717, 1.165) is 31.0 Å². The molecule has 0 bridgehead atoms. The number of para-hydroxylation sites is 1. The lowest BCUT2D eigenvalue weighted by Crippen LogP contribution is -2.26. The second-order valence-corrected chi connectivity index (χ2v) is 5.65. The van der Waals surface area contributed by atoms with Crippen LogP contribution in [0, 0.1) is 0 Å². The molecule has 0 atom stereocenters. The average molecular weight is 322 g/mol. The van der Waals surface area contributed by atoms with E-state index >= 15 is 0 Å². The maximum absolute atomic E-state index is 5.24. The number of rotatable bonds is 8. The lowest BCUT2D eigenvalue weighted by atomic mass is 10.2. The van der Waals surface area contributed by atoms with Crippen molar-refractivity contribution < 1.29 is 4.74 Å². The largest absolute Gasteiger partial charge is 0.383 e. The number of nitrogens with zero attached hydrogens (tertiary/aromatic N) is 4. The summed E-state index contributed by atoms with van der Waals surface area (Å²) in [4.78, 5) is 3.99. The smallest absolute Gasteiger partial charge is 0.0971 e. The van der Waals surface area contributed by atoms with Crippen LogP contribution < -0.4 is 0 Å². The number of hydrogen-bond acceptors (Lipinski definition) is 4. The van der Waals surface area contributed by atoms with Gasteiger partial charge in [-0.3, -0.25) is 4.90 Å². The number of benzene rings is 2. The summed E-state index contributed by atoms with van der Waals surface area (Å²) < 4.78 is 5.24. The molecule has 0 radical (unpaired) electrons. The van der Waals surface area contributed by atoms with Gasteiger partial charge in [-0.05, 0) is 17.7 Å². The highest BCUT2D eigenvalue weighted by Crippen LogP contribution is 2.10. The molecule has 0 saturated carbocycles. The summed E-state index contributed by atoms with van der Waals surface area (Å²) in [6, 6.07) is 20.4. The van der Waals surface area contributed by atoms with Crippen LogP contribution in [0.4, 0.5) is 0 Å². The number of aromatic nitrogens is 3. The molecule has 2 aromatic carbocycles. The Morgan fingerprint density at radius 1 is 0.958 bits per heavy atom. The third-order valence-electron chi connectivity index (χ3n) is 3.77. The quantitative estimate of drug-likeness (QED) is 0.639. The van der Waals surface area contributed by atoms with Crippen LogP contribution in [0.3, 0.4) is 0 Å². The van der Waals surface area contributed by atoms with Gasteiger partial charge in [0.25, 0.3) is 0 Å². The van der Waals surface area contributed by atoms with E-state index in [0.29, 0.717) is 6.61 Å². The van der Waals surface area contributed by atoms with Gasteiger partial charge in [0, 0.05) is 26.7 Å². The van der Waals surface area contributed by atoms with Crippen molar-refractivity contribution in [1.29, 1.82) is 0 Å². The molecule has 0 aliphatic carbocycles. The molecular weight excluding hydrogens is 300 g/mol. The summed E-state index contributed by atoms with van der Waals surface area (Å²) in [6.07, 6.45) is 1.83. The molecule has 3 aromatic rings. The van der Waals surface area contributed by atoms with Gasteiger partial charge in [-0.25, -0.2) is 0 Å². The van der Waals surface area contributed by atoms with Crippen molar-refractivity contribution in [1.82, 2.24) is 19.9 Å². The first-order chi connectivity index (χ1) is 11.8. The van der Waals surface area contributed by atoms with Crippen molar-refractivity contribution in [2.24, 2.45) is 0 Å². The van der Waals surface area contributed by atoms with Crippen molar-refractivity contribution in [2.75, 3.05) is 20.3 Å². The first kappa shape index (κ1) is 16.4. The summed E-state index contributed by atoms with van der Waals surface area (Å²) in [5.41, 5.74) is 3.20. The van der Waals surface area contributed by atoms with E-state index in [9.17, 15) is 0 Å². The van der Waals surface area contributed by atoms with Crippen LogP contribution in [0.15, 0.2) is 66.9 Å². The Bertz CT molecular complexity index is 727. The van der Waals surface area contributed by atoms with Crippen molar-refractivity contribution in [2.45, 2.75) is 13.1 Å². The molecular formula is C19H22N4O. The zero-order valence-corrected chi connectivity index (χ0v) is 13.9. The molecule has 0 spiro atoms. The highest BCUT2D eigenvalue weighted by molar-refractivity contribution is 5.28. The highest BCUT2D eigenvalue weighted by atomic mass is 16.5. The molecule has 0 N–H and O–H groups in total. The van der Waals surface area contributed by atoms with E-state index in [2.05, 4.69) is 39.4 Å². The Morgan fingerprint density at radius 3 is 2.38 bits per heavy atom. The van der Waals surface area contributed by atoms with Gasteiger partial charge in [-0.1, -0.05) is 48.5 Å². The Labute approximate surface area is 142 Å². The number of hydrogen-bond donors (Lipinski definition) is 0. The highest BCUT2D eigenvalue weighted by Gasteiger charge is 2.10. The van der Waals surface area contributed by atoms with E-state index in [1.165, 1.54) is 5.56 Å². The van der Waals surface area contributed by atoms with Crippen LogP contribution in [0.2, 0.25) is 0 Å². The van der Waals surface area contributed by atoms with Crippen molar-refractivity contribution >= 4 is 0 Å². The molecule has 0 saturated heterocycles. The van der Waals surface area contributed by atoms with E-state index < -0.39 is 0 Å². The third-order valence-corrected chi connectivity index (χ3v) is 3.77. The zero-order chi connectivity index (χ0) is 16.6. The van der Waals surface area contributed by atoms with Gasteiger partial charge in [0.2, 0.25) is 0 Å². The predicted octanol–water partition coefficient (Wildman–Crippen LogP) is 2.92. The minimum Gasteiger partial charge on any atom is -0.383 e. The Balaban J connectivity index is 1.69. The summed E-state index contributed by atoms with van der Waals surface area (Å²) >= 11 is 0. The fourth-order valence-corrected chi connectivity index (χ4v) is 2.56. The lowest BCUT2D eigenvalue weighted by molar-refractivity contribution is 0.139. The van der Waals surface area contributed by atoms with Gasteiger partial charge >= 0.3 is 0 Å². The van der Waals surface area contributed by atoms with Crippen LogP contribution in [0.5, 0.6) is 0 Å². The van der Waals surface area contributed by atoms with E-state index in [1.807, 2.05) is 42.6 Å². The number of methoxy groups -OCH3 is 1. The van der Waals surface area contributed by atoms with Gasteiger partial charge in [-0.2, -0.15) is 15.0 Å². The molecule has 3 rings (SSSR count). The van der Waals surface area contributed by atoms with E-state index in [1.54, 1.807) is 11.9 Å². The predicted molar refractivity (Wildman–Crippen MR) is 93.8 cm³/mol. The minimum absolute atomic E-state index is 0.694. The molecule has 5 heteroatoms. The summed E-state index contributed by atoms with van der Waals surface area (Å²) in [5, 5.41) is 8.97. The molecule has 1 heterocycles. The second kappa shape index (κ2) is 8.38. The SMILES string of the molecule is COCCN(Cc1ccccc1)Cc1cnn(-c2ccccc2)n1. The van der Waals surface area contributed by atoms with Crippen LogP contribution in [0.1, 0.15) is 11.3 Å². The molecule has 0 unspecified atom stereocenters. The molecule has 0 aliphatic heterocycles. The Hall–Kier alpha value is -2.50. The zero-order valence-electron chi connectivity index (χ0n) is 13.9. The number of ether oxygens (including phenoxy) is 1. The first-order valence-electron chi connectivity index (χ1n) is 8.07. The topological polar surface area (TPSA) is 43.2 Å². The normalized spacial score (nSPS) is 11.1. The molecule has 5 nitrogen and oxygen atoms in total. The van der Waals surface area contributed by atoms with Gasteiger partial charge in [0.15, 0.2) is 0 Å². The molecule has 24 heavy (non-hydrogen) atoms. The van der Waals surface area contributed by atoms with E-state index in [4.69, 9.17) is 4.74 Å². The average Bonchev–Trinajstić information content (AvgIpc) is 3.10. The first-order valence-corrected chi connectivity index (χ1v) is 8.07. The van der Waals surface area contributed by atoms with Crippen LogP contribution in [-0.2, 0) is 17.8 Å². The van der Waals surface area contributed by atoms with Crippen LogP contribution in [0.25, 0.3) is 5.69 Å².